The van der Waals surface area contributed by atoms with Gasteiger partial charge in [0, 0.05) is 15.9 Å². The maximum Gasteiger partial charge on any atom is 0.281 e. The van der Waals surface area contributed by atoms with Crippen molar-refractivity contribution in [3.63, 3.8) is 0 Å². The topological polar surface area (TPSA) is 90.8 Å². The van der Waals surface area contributed by atoms with E-state index in [0.717, 1.165) is 26.3 Å². The van der Waals surface area contributed by atoms with E-state index in [1.54, 1.807) is 24.4 Å². The second kappa shape index (κ2) is 9.55. The molecule has 0 aliphatic heterocycles. The van der Waals surface area contributed by atoms with E-state index >= 15 is 0 Å². The van der Waals surface area contributed by atoms with E-state index in [0.29, 0.717) is 21.0 Å². The molecule has 3 aromatic rings. The Morgan fingerprint density at radius 2 is 1.70 bits per heavy atom. The van der Waals surface area contributed by atoms with Gasteiger partial charge < -0.3 is 10.4 Å². The van der Waals surface area contributed by atoms with Crippen LogP contribution in [-0.2, 0) is 0 Å². The number of nitrogens with zero attached hydrogens (tertiary/aromatic N) is 1. The minimum Gasteiger partial charge on any atom is -0.506 e. The lowest BCUT2D eigenvalue weighted by atomic mass is 10.1. The molecule has 2 amide bonds. The lowest BCUT2D eigenvalue weighted by Crippen LogP contribution is -2.29. The highest BCUT2D eigenvalue weighted by Gasteiger charge is 2.16. The lowest BCUT2D eigenvalue weighted by Gasteiger charge is -2.05. The van der Waals surface area contributed by atoms with Crippen LogP contribution in [0.2, 0.25) is 0 Å². The molecule has 2 aromatic heterocycles. The van der Waals surface area contributed by atoms with Crippen molar-refractivity contribution >= 4 is 56.1 Å². The fourth-order valence-electron chi connectivity index (χ4n) is 2.58. The highest BCUT2D eigenvalue weighted by Crippen LogP contribution is 2.39. The summed E-state index contributed by atoms with van der Waals surface area (Å²) >= 11 is 5.90. The second-order valence-electron chi connectivity index (χ2n) is 6.76. The highest BCUT2D eigenvalue weighted by molar-refractivity contribution is 9.10. The molecule has 6 nitrogen and oxygen atoms in total. The molecule has 156 valence electrons. The van der Waals surface area contributed by atoms with Crippen LogP contribution in [0.1, 0.15) is 45.7 Å². The number of hydrazone groups is 1. The van der Waals surface area contributed by atoms with Gasteiger partial charge in [0.15, 0.2) is 0 Å². The van der Waals surface area contributed by atoms with Gasteiger partial charge in [0.2, 0.25) is 0 Å². The second-order valence-corrected chi connectivity index (χ2v) is 9.64. The number of hydrogen-bond acceptors (Lipinski definition) is 6. The number of carbonyl (C=O) groups is 2. The number of thiophene rings is 2. The fraction of sp³-hybridized carbons (Fsp3) is 0.190. The molecule has 0 saturated carbocycles. The van der Waals surface area contributed by atoms with Crippen LogP contribution in [0.3, 0.4) is 0 Å². The van der Waals surface area contributed by atoms with Crippen molar-refractivity contribution < 1.29 is 14.7 Å². The molecular weight excluding hydrogens is 486 g/mol. The standard InChI is InChI=1S/C21H20BrN3O3S2/c1-11(2)23-20(27)16-8-9-17(30-16)21(28)25-24-12(3)15-10-29-19(18(15)26)13-4-6-14(22)7-5-13/h4-11,26H,1-3H3,(H,23,27)(H,25,28)/b24-12-. The summed E-state index contributed by atoms with van der Waals surface area (Å²) in [6.07, 6.45) is 0. The molecule has 0 bridgehead atoms. The quantitative estimate of drug-likeness (QED) is 0.316. The predicted molar refractivity (Wildman–Crippen MR) is 126 cm³/mol. The van der Waals surface area contributed by atoms with Crippen molar-refractivity contribution in [1.29, 1.82) is 0 Å². The molecule has 3 rings (SSSR count). The Hall–Kier alpha value is -2.49. The molecule has 2 heterocycles. The number of carbonyl (C=O) groups excluding carboxylic acids is 2. The van der Waals surface area contributed by atoms with Gasteiger partial charge in [-0.2, -0.15) is 5.10 Å². The highest BCUT2D eigenvalue weighted by atomic mass is 79.9. The van der Waals surface area contributed by atoms with E-state index in [-0.39, 0.29) is 17.7 Å². The summed E-state index contributed by atoms with van der Waals surface area (Å²) in [4.78, 5) is 26.0. The monoisotopic (exact) mass is 505 g/mol. The Morgan fingerprint density at radius 1 is 1.07 bits per heavy atom. The number of rotatable bonds is 6. The van der Waals surface area contributed by atoms with E-state index in [1.165, 1.54) is 11.3 Å². The molecule has 0 spiro atoms. The van der Waals surface area contributed by atoms with E-state index in [9.17, 15) is 14.7 Å². The first-order valence-electron chi connectivity index (χ1n) is 9.08. The van der Waals surface area contributed by atoms with Crippen LogP contribution in [0.5, 0.6) is 5.75 Å². The molecule has 30 heavy (non-hydrogen) atoms. The summed E-state index contributed by atoms with van der Waals surface area (Å²) in [5, 5.41) is 19.3. The van der Waals surface area contributed by atoms with Gasteiger partial charge in [-0.05, 0) is 50.6 Å². The third-order valence-electron chi connectivity index (χ3n) is 4.06. The third kappa shape index (κ3) is 5.16. The Bertz CT molecular complexity index is 1100. The Balaban J connectivity index is 1.71. The van der Waals surface area contributed by atoms with E-state index in [4.69, 9.17) is 0 Å². The zero-order valence-electron chi connectivity index (χ0n) is 16.5. The van der Waals surface area contributed by atoms with Gasteiger partial charge in [0.25, 0.3) is 11.8 Å². The number of benzene rings is 1. The fourth-order valence-corrected chi connectivity index (χ4v) is 4.65. The molecule has 9 heteroatoms. The van der Waals surface area contributed by atoms with Crippen molar-refractivity contribution in [2.45, 2.75) is 26.8 Å². The molecule has 0 aliphatic carbocycles. The minimum absolute atomic E-state index is 0.0183. The molecular formula is C21H20BrN3O3S2. The zero-order valence-corrected chi connectivity index (χ0v) is 19.7. The normalized spacial score (nSPS) is 11.6. The predicted octanol–water partition coefficient (Wildman–Crippen LogP) is 5.24. The van der Waals surface area contributed by atoms with Gasteiger partial charge >= 0.3 is 0 Å². The average molecular weight is 506 g/mol. The van der Waals surface area contributed by atoms with E-state index in [2.05, 4.69) is 31.8 Å². The molecule has 0 atom stereocenters. The average Bonchev–Trinajstić information content (AvgIpc) is 3.33. The van der Waals surface area contributed by atoms with Gasteiger partial charge in [-0.15, -0.1) is 22.7 Å². The number of hydrogen-bond donors (Lipinski definition) is 3. The number of nitrogens with one attached hydrogen (secondary N) is 2. The lowest BCUT2D eigenvalue weighted by molar-refractivity contribution is 0.0944. The summed E-state index contributed by atoms with van der Waals surface area (Å²) in [5.74, 6) is -0.496. The van der Waals surface area contributed by atoms with Crippen molar-refractivity contribution in [1.82, 2.24) is 10.7 Å². The van der Waals surface area contributed by atoms with Crippen LogP contribution < -0.4 is 10.7 Å². The first-order chi connectivity index (χ1) is 14.3. The Labute approximate surface area is 190 Å². The minimum atomic E-state index is -0.411. The largest absolute Gasteiger partial charge is 0.506 e. The third-order valence-corrected chi connectivity index (χ3v) is 6.69. The SMILES string of the molecule is C/C(=N/NC(=O)c1ccc(C(=O)NC(C)C)s1)c1csc(-c2ccc(Br)cc2)c1O. The van der Waals surface area contributed by atoms with Gasteiger partial charge in [0.05, 0.1) is 25.9 Å². The van der Waals surface area contributed by atoms with Gasteiger partial charge in [0.1, 0.15) is 5.75 Å². The Morgan fingerprint density at radius 3 is 2.33 bits per heavy atom. The van der Waals surface area contributed by atoms with Gasteiger partial charge in [-0.25, -0.2) is 5.43 Å². The molecule has 0 aliphatic rings. The van der Waals surface area contributed by atoms with Crippen molar-refractivity contribution in [2.75, 3.05) is 0 Å². The maximum absolute atomic E-state index is 12.4. The van der Waals surface area contributed by atoms with Crippen molar-refractivity contribution in [3.05, 3.63) is 61.6 Å². The number of halogens is 1. The van der Waals surface area contributed by atoms with E-state index in [1.807, 2.05) is 38.1 Å². The van der Waals surface area contributed by atoms with Crippen LogP contribution in [0.25, 0.3) is 10.4 Å². The van der Waals surface area contributed by atoms with Crippen molar-refractivity contribution in [3.8, 4) is 16.2 Å². The number of amides is 2. The summed E-state index contributed by atoms with van der Waals surface area (Å²) < 4.78 is 0.960. The molecule has 1 aromatic carbocycles. The van der Waals surface area contributed by atoms with E-state index < -0.39 is 5.91 Å². The van der Waals surface area contributed by atoms with Crippen LogP contribution >= 0.6 is 38.6 Å². The summed E-state index contributed by atoms with van der Waals surface area (Å²) in [6, 6.07) is 10.9. The first-order valence-corrected chi connectivity index (χ1v) is 11.6. The molecule has 3 N–H and O–H groups in total. The Kier molecular flexibility index (Phi) is 7.06. The molecule has 0 saturated heterocycles. The summed E-state index contributed by atoms with van der Waals surface area (Å²) in [7, 11) is 0. The van der Waals surface area contributed by atoms with Crippen LogP contribution in [-0.4, -0.2) is 28.7 Å². The molecule has 0 unspecified atom stereocenters. The summed E-state index contributed by atoms with van der Waals surface area (Å²) in [6.45, 7) is 5.46. The smallest absolute Gasteiger partial charge is 0.281 e. The molecule has 0 radical (unpaired) electrons. The first kappa shape index (κ1) is 22.2. The van der Waals surface area contributed by atoms with Crippen LogP contribution in [0.15, 0.2) is 51.4 Å². The number of aromatic hydroxyl groups is 1. The van der Waals surface area contributed by atoms with Crippen molar-refractivity contribution in [2.24, 2.45) is 5.10 Å². The van der Waals surface area contributed by atoms with Gasteiger partial charge in [-0.3, -0.25) is 9.59 Å². The zero-order chi connectivity index (χ0) is 21.8. The maximum atomic E-state index is 12.4. The summed E-state index contributed by atoms with van der Waals surface area (Å²) in [5.41, 5.74) is 4.42. The van der Waals surface area contributed by atoms with Crippen LogP contribution in [0.4, 0.5) is 0 Å². The van der Waals surface area contributed by atoms with Gasteiger partial charge in [-0.1, -0.05) is 28.1 Å². The van der Waals surface area contributed by atoms with Crippen LogP contribution in [0, 0.1) is 0 Å². The molecule has 0 fully saturated rings.